The van der Waals surface area contributed by atoms with Gasteiger partial charge in [-0.25, -0.2) is 4.68 Å². The van der Waals surface area contributed by atoms with Crippen LogP contribution in [0.15, 0.2) is 93.7 Å². The first-order valence-corrected chi connectivity index (χ1v) is 14.1. The van der Waals surface area contributed by atoms with Crippen LogP contribution in [0.25, 0.3) is 0 Å². The Bertz CT molecular complexity index is 1500. The third kappa shape index (κ3) is 5.79. The van der Waals surface area contributed by atoms with Crippen LogP contribution < -0.4 is 15.4 Å². The highest BCUT2D eigenvalue weighted by Crippen LogP contribution is 2.37. The van der Waals surface area contributed by atoms with Crippen molar-refractivity contribution in [2.75, 3.05) is 16.4 Å². The Kier molecular flexibility index (Phi) is 7.85. The number of fused-ring (bicyclic) bond motifs is 1. The van der Waals surface area contributed by atoms with Gasteiger partial charge in [-0.2, -0.15) is 4.98 Å². The van der Waals surface area contributed by atoms with Crippen molar-refractivity contribution >= 4 is 45.2 Å². The quantitative estimate of drug-likeness (QED) is 0.216. The van der Waals surface area contributed by atoms with E-state index in [1.54, 1.807) is 16.4 Å². The summed E-state index contributed by atoms with van der Waals surface area (Å²) in [6.07, 6.45) is 0. The molecule has 1 unspecified atom stereocenters. The largest absolute Gasteiger partial charge is 0.489 e. The molecule has 1 amide bonds. The van der Waals surface area contributed by atoms with Crippen molar-refractivity contribution in [3.8, 4) is 5.75 Å². The molecule has 3 aromatic carbocycles. The Morgan fingerprint density at radius 2 is 1.89 bits per heavy atom. The molecule has 1 aliphatic heterocycles. The lowest BCUT2D eigenvalue weighted by atomic mass is 9.95. The average molecular weight is 591 g/mol. The van der Waals surface area contributed by atoms with Crippen LogP contribution in [0, 0.1) is 6.92 Å². The zero-order valence-corrected chi connectivity index (χ0v) is 23.8. The predicted octanol–water partition coefficient (Wildman–Crippen LogP) is 6.97. The Hall–Kier alpha value is -3.56. The molecule has 1 aliphatic rings. The van der Waals surface area contributed by atoms with Gasteiger partial charge in [0.25, 0.3) is 5.91 Å². The smallest absolute Gasteiger partial charge is 0.255 e. The van der Waals surface area contributed by atoms with Crippen molar-refractivity contribution in [3.05, 3.63) is 105 Å². The Morgan fingerprint density at radius 3 is 2.63 bits per heavy atom. The van der Waals surface area contributed by atoms with Crippen molar-refractivity contribution in [3.63, 3.8) is 0 Å². The highest BCUT2D eigenvalue weighted by Gasteiger charge is 2.34. The van der Waals surface area contributed by atoms with Crippen LogP contribution in [0.1, 0.15) is 36.6 Å². The minimum atomic E-state index is -0.450. The fourth-order valence-corrected chi connectivity index (χ4v) is 5.39. The maximum atomic E-state index is 13.7. The molecule has 2 heterocycles. The number of hydrogen-bond donors (Lipinski definition) is 2. The number of anilines is 2. The molecule has 5 rings (SSSR count). The fourth-order valence-electron chi connectivity index (χ4n) is 4.38. The first-order valence-electron chi connectivity index (χ1n) is 12.3. The van der Waals surface area contributed by atoms with E-state index in [1.165, 1.54) is 0 Å². The van der Waals surface area contributed by atoms with E-state index in [4.69, 9.17) is 9.84 Å². The van der Waals surface area contributed by atoms with E-state index in [-0.39, 0.29) is 5.91 Å². The zero-order chi connectivity index (χ0) is 26.6. The minimum absolute atomic E-state index is 0.188. The lowest BCUT2D eigenvalue weighted by molar-refractivity contribution is -0.113. The summed E-state index contributed by atoms with van der Waals surface area (Å²) in [6.45, 7) is 6.42. The third-order valence-corrected chi connectivity index (χ3v) is 7.33. The number of ether oxygens (including phenoxy) is 1. The third-order valence-electron chi connectivity index (χ3n) is 6.12. The number of carbonyl (C=O) groups is 1. The molecule has 7 nitrogen and oxygen atoms in total. The second-order valence-electron chi connectivity index (χ2n) is 8.97. The highest BCUT2D eigenvalue weighted by atomic mass is 79.9. The van der Waals surface area contributed by atoms with Crippen molar-refractivity contribution in [1.29, 1.82) is 0 Å². The van der Waals surface area contributed by atoms with E-state index in [0.717, 1.165) is 44.0 Å². The van der Waals surface area contributed by atoms with Crippen molar-refractivity contribution in [2.45, 2.75) is 38.6 Å². The Labute approximate surface area is 234 Å². The molecule has 4 aromatic rings. The van der Waals surface area contributed by atoms with Gasteiger partial charge in [0.2, 0.25) is 11.1 Å². The Morgan fingerprint density at radius 1 is 1.11 bits per heavy atom. The number of hydrogen-bond acceptors (Lipinski definition) is 6. The number of nitrogens with one attached hydrogen (secondary N) is 2. The number of carbonyl (C=O) groups excluding carboxylic acids is 1. The standard InChI is InChI=1S/C29H28BrN5O2S/c1-4-38-29-33-28-31-19(3)25(27(36)32-23-10-5-7-18(2)15-23)26(35(28)34-29)21-11-13-24(14-12-21)37-17-20-8-6-9-22(30)16-20/h5-16,26H,4,17H2,1-3H3,(H,32,36)(H,31,33,34). The van der Waals surface area contributed by atoms with Crippen LogP contribution in [-0.2, 0) is 11.4 Å². The van der Waals surface area contributed by atoms with Crippen molar-refractivity contribution < 1.29 is 9.53 Å². The second-order valence-corrected chi connectivity index (χ2v) is 11.1. The molecule has 0 fully saturated rings. The average Bonchev–Trinajstić information content (AvgIpc) is 3.29. The minimum Gasteiger partial charge on any atom is -0.489 e. The monoisotopic (exact) mass is 589 g/mol. The molecule has 0 saturated carbocycles. The molecule has 2 N–H and O–H groups in total. The van der Waals surface area contributed by atoms with E-state index in [9.17, 15) is 4.79 Å². The number of benzene rings is 3. The summed E-state index contributed by atoms with van der Waals surface area (Å²) in [6, 6.07) is 23.2. The van der Waals surface area contributed by atoms with Crippen LogP contribution in [0.4, 0.5) is 11.6 Å². The van der Waals surface area contributed by atoms with Gasteiger partial charge in [-0.1, -0.05) is 71.0 Å². The molecule has 194 valence electrons. The highest BCUT2D eigenvalue weighted by molar-refractivity contribution is 9.10. The molecular weight excluding hydrogens is 562 g/mol. The van der Waals surface area contributed by atoms with Crippen LogP contribution in [-0.4, -0.2) is 26.4 Å². The molecule has 0 radical (unpaired) electrons. The van der Waals surface area contributed by atoms with E-state index in [1.807, 2.05) is 86.6 Å². The first kappa shape index (κ1) is 26.1. The van der Waals surface area contributed by atoms with E-state index < -0.39 is 6.04 Å². The van der Waals surface area contributed by atoms with Gasteiger partial charge in [-0.3, -0.25) is 4.79 Å². The lowest BCUT2D eigenvalue weighted by Crippen LogP contribution is -2.31. The number of amides is 1. The second kappa shape index (κ2) is 11.4. The molecule has 1 atom stereocenters. The molecule has 38 heavy (non-hydrogen) atoms. The van der Waals surface area contributed by atoms with Crippen molar-refractivity contribution in [1.82, 2.24) is 14.8 Å². The number of allylic oxidation sites excluding steroid dienone is 1. The fraction of sp³-hybridized carbons (Fsp3) is 0.207. The van der Waals surface area contributed by atoms with E-state index >= 15 is 0 Å². The molecule has 0 spiro atoms. The summed E-state index contributed by atoms with van der Waals surface area (Å²) < 4.78 is 8.83. The van der Waals surface area contributed by atoms with Crippen LogP contribution >= 0.6 is 27.7 Å². The number of nitrogens with zero attached hydrogens (tertiary/aromatic N) is 3. The summed E-state index contributed by atoms with van der Waals surface area (Å²) in [5.74, 6) is 2.03. The Balaban J connectivity index is 1.45. The molecule has 9 heteroatoms. The van der Waals surface area contributed by atoms with Crippen molar-refractivity contribution in [2.24, 2.45) is 0 Å². The van der Waals surface area contributed by atoms with E-state index in [0.29, 0.717) is 23.3 Å². The summed E-state index contributed by atoms with van der Waals surface area (Å²) in [7, 11) is 0. The number of aromatic nitrogens is 3. The number of aryl methyl sites for hydroxylation is 1. The molecule has 0 bridgehead atoms. The topological polar surface area (TPSA) is 81.1 Å². The lowest BCUT2D eigenvalue weighted by Gasteiger charge is -2.28. The van der Waals surface area contributed by atoms with Gasteiger partial charge in [0.15, 0.2) is 0 Å². The van der Waals surface area contributed by atoms with Gasteiger partial charge in [0.05, 0.1) is 5.57 Å². The molecule has 0 saturated heterocycles. The van der Waals surface area contributed by atoms with Gasteiger partial charge in [-0.05, 0) is 72.7 Å². The van der Waals surface area contributed by atoms with E-state index in [2.05, 4.69) is 38.5 Å². The van der Waals surface area contributed by atoms with Crippen LogP contribution in [0.5, 0.6) is 5.75 Å². The molecule has 1 aromatic heterocycles. The normalized spacial score (nSPS) is 14.6. The summed E-state index contributed by atoms with van der Waals surface area (Å²) >= 11 is 5.06. The maximum Gasteiger partial charge on any atom is 0.255 e. The molecule has 0 aliphatic carbocycles. The summed E-state index contributed by atoms with van der Waals surface area (Å²) in [4.78, 5) is 18.3. The number of thioether (sulfide) groups is 1. The number of halogens is 1. The van der Waals surface area contributed by atoms with Gasteiger partial charge in [0.1, 0.15) is 18.4 Å². The molecular formula is C29H28BrN5O2S. The van der Waals surface area contributed by atoms with Gasteiger partial charge >= 0.3 is 0 Å². The number of rotatable bonds is 8. The SMILES string of the molecule is CCSc1nc2n(n1)C(c1ccc(OCc3cccc(Br)c3)cc1)C(C(=O)Nc1cccc(C)c1)=C(C)N2. The first-order chi connectivity index (χ1) is 18.4. The summed E-state index contributed by atoms with van der Waals surface area (Å²) in [5, 5.41) is 11.8. The maximum absolute atomic E-state index is 13.7. The van der Waals surface area contributed by atoms with Gasteiger partial charge < -0.3 is 15.4 Å². The van der Waals surface area contributed by atoms with Gasteiger partial charge in [-0.15, -0.1) is 5.10 Å². The van der Waals surface area contributed by atoms with Crippen LogP contribution in [0.2, 0.25) is 0 Å². The predicted molar refractivity (Wildman–Crippen MR) is 156 cm³/mol. The zero-order valence-electron chi connectivity index (χ0n) is 21.4. The van der Waals surface area contributed by atoms with Crippen LogP contribution in [0.3, 0.4) is 0 Å². The van der Waals surface area contributed by atoms with Gasteiger partial charge in [0, 0.05) is 15.9 Å². The summed E-state index contributed by atoms with van der Waals surface area (Å²) in [5.41, 5.74) is 5.13.